The van der Waals surface area contributed by atoms with Crippen molar-refractivity contribution in [1.82, 2.24) is 15.2 Å². The lowest BCUT2D eigenvalue weighted by molar-refractivity contribution is 0.346. The first-order chi connectivity index (χ1) is 9.81. The number of aromatic nitrogens is 1. The summed E-state index contributed by atoms with van der Waals surface area (Å²) in [6, 6.07) is 5.11. The van der Waals surface area contributed by atoms with Crippen LogP contribution in [0.2, 0.25) is 0 Å². The van der Waals surface area contributed by atoms with Crippen molar-refractivity contribution in [3.8, 4) is 0 Å². The monoisotopic (exact) mass is 274 g/mol. The smallest absolute Gasteiger partial charge is 0.128 e. The summed E-state index contributed by atoms with van der Waals surface area (Å²) in [6.07, 6.45) is 7.42. The predicted octanol–water partition coefficient (Wildman–Crippen LogP) is 1.87. The maximum Gasteiger partial charge on any atom is 0.128 e. The van der Waals surface area contributed by atoms with Gasteiger partial charge >= 0.3 is 0 Å². The Morgan fingerprint density at radius 2 is 2.10 bits per heavy atom. The molecule has 0 aromatic carbocycles. The quantitative estimate of drug-likeness (QED) is 0.822. The van der Waals surface area contributed by atoms with Gasteiger partial charge in [-0.25, -0.2) is 4.98 Å². The van der Waals surface area contributed by atoms with Crippen LogP contribution in [-0.4, -0.2) is 49.2 Å². The summed E-state index contributed by atoms with van der Waals surface area (Å²) in [7, 11) is 2.14. The van der Waals surface area contributed by atoms with Gasteiger partial charge in [0.1, 0.15) is 5.82 Å². The molecular weight excluding hydrogens is 248 g/mol. The molecule has 0 atom stereocenters. The molecule has 0 amide bonds. The average Bonchev–Trinajstić information content (AvgIpc) is 3.17. The molecule has 1 aromatic rings. The van der Waals surface area contributed by atoms with Crippen molar-refractivity contribution in [2.75, 3.05) is 38.1 Å². The van der Waals surface area contributed by atoms with Crippen molar-refractivity contribution in [2.24, 2.45) is 0 Å². The van der Waals surface area contributed by atoms with Gasteiger partial charge in [-0.05, 0) is 50.4 Å². The Balaban J connectivity index is 1.45. The summed E-state index contributed by atoms with van der Waals surface area (Å²) in [6.45, 7) is 5.71. The number of nitrogens with zero attached hydrogens (tertiary/aromatic N) is 3. The third-order valence-electron chi connectivity index (χ3n) is 4.32. The van der Waals surface area contributed by atoms with Crippen molar-refractivity contribution in [1.29, 1.82) is 0 Å². The van der Waals surface area contributed by atoms with E-state index in [1.165, 1.54) is 44.3 Å². The van der Waals surface area contributed by atoms with E-state index in [9.17, 15) is 0 Å². The fourth-order valence-electron chi connectivity index (χ4n) is 2.71. The van der Waals surface area contributed by atoms with Crippen LogP contribution < -0.4 is 10.2 Å². The number of rotatable bonds is 7. The molecule has 1 aromatic heterocycles. The molecule has 1 aliphatic carbocycles. The zero-order chi connectivity index (χ0) is 13.8. The van der Waals surface area contributed by atoms with Gasteiger partial charge in [0.15, 0.2) is 0 Å². The van der Waals surface area contributed by atoms with Gasteiger partial charge in [0.2, 0.25) is 0 Å². The first kappa shape index (κ1) is 13.8. The number of anilines is 1. The van der Waals surface area contributed by atoms with E-state index in [0.717, 1.165) is 31.5 Å². The minimum atomic E-state index is 0.762. The first-order valence-corrected chi connectivity index (χ1v) is 7.93. The lowest BCUT2D eigenvalue weighted by atomic mass is 10.2. The third kappa shape index (κ3) is 3.93. The van der Waals surface area contributed by atoms with Crippen molar-refractivity contribution >= 4 is 5.82 Å². The minimum absolute atomic E-state index is 0.762. The number of likely N-dealkylation sites (tertiary alicyclic amines) is 1. The van der Waals surface area contributed by atoms with E-state index in [0.29, 0.717) is 0 Å². The van der Waals surface area contributed by atoms with E-state index in [4.69, 9.17) is 0 Å². The van der Waals surface area contributed by atoms with Crippen LogP contribution in [0.25, 0.3) is 0 Å². The second-order valence-corrected chi connectivity index (χ2v) is 6.15. The molecule has 20 heavy (non-hydrogen) atoms. The van der Waals surface area contributed by atoms with Gasteiger partial charge in [0, 0.05) is 38.9 Å². The Labute approximate surface area is 122 Å². The van der Waals surface area contributed by atoms with Crippen molar-refractivity contribution in [3.63, 3.8) is 0 Å². The van der Waals surface area contributed by atoms with Crippen LogP contribution in [0.5, 0.6) is 0 Å². The number of likely N-dealkylation sites (N-methyl/N-ethyl adjacent to an activating group) is 1. The van der Waals surface area contributed by atoms with Gasteiger partial charge in [0.25, 0.3) is 0 Å². The largest absolute Gasteiger partial charge is 0.358 e. The Morgan fingerprint density at radius 3 is 2.75 bits per heavy atom. The highest BCUT2D eigenvalue weighted by molar-refractivity contribution is 5.38. The van der Waals surface area contributed by atoms with Gasteiger partial charge in [-0.1, -0.05) is 6.07 Å². The van der Waals surface area contributed by atoms with E-state index >= 15 is 0 Å². The van der Waals surface area contributed by atoms with Crippen LogP contribution in [0.3, 0.4) is 0 Å². The van der Waals surface area contributed by atoms with Crippen LogP contribution in [0, 0.1) is 0 Å². The molecule has 1 saturated heterocycles. The SMILES string of the molecule is CN(CCN1CCCC1)c1ccc(CNC2CC2)cn1. The summed E-state index contributed by atoms with van der Waals surface area (Å²) >= 11 is 0. The van der Waals surface area contributed by atoms with Crippen LogP contribution >= 0.6 is 0 Å². The van der Waals surface area contributed by atoms with Crippen LogP contribution in [0.15, 0.2) is 18.3 Å². The van der Waals surface area contributed by atoms with E-state index < -0.39 is 0 Å². The summed E-state index contributed by atoms with van der Waals surface area (Å²) in [5.74, 6) is 1.08. The number of hydrogen-bond acceptors (Lipinski definition) is 4. The summed E-state index contributed by atoms with van der Waals surface area (Å²) < 4.78 is 0. The zero-order valence-electron chi connectivity index (χ0n) is 12.5. The first-order valence-electron chi connectivity index (χ1n) is 7.93. The van der Waals surface area contributed by atoms with Gasteiger partial charge in [-0.3, -0.25) is 0 Å². The lowest BCUT2D eigenvalue weighted by Gasteiger charge is -2.22. The second kappa shape index (κ2) is 6.55. The molecule has 1 aliphatic heterocycles. The molecule has 1 N–H and O–H groups in total. The standard InChI is InChI=1S/C16H26N4/c1-19(10-11-20-8-2-3-9-20)16-7-4-14(13-18-16)12-17-15-5-6-15/h4,7,13,15,17H,2-3,5-6,8-12H2,1H3. The Kier molecular flexibility index (Phi) is 4.53. The third-order valence-corrected chi connectivity index (χ3v) is 4.32. The normalized spacial score (nSPS) is 19.4. The van der Waals surface area contributed by atoms with Crippen LogP contribution in [0.1, 0.15) is 31.2 Å². The molecule has 0 unspecified atom stereocenters. The van der Waals surface area contributed by atoms with Gasteiger partial charge in [0.05, 0.1) is 0 Å². The molecule has 2 heterocycles. The molecule has 0 bridgehead atoms. The number of hydrogen-bond donors (Lipinski definition) is 1. The highest BCUT2D eigenvalue weighted by Crippen LogP contribution is 2.19. The fourth-order valence-corrected chi connectivity index (χ4v) is 2.71. The molecular formula is C16H26N4. The molecule has 4 nitrogen and oxygen atoms in total. The number of pyridine rings is 1. The molecule has 0 spiro atoms. The Bertz CT molecular complexity index is 407. The highest BCUT2D eigenvalue weighted by atomic mass is 15.2. The Morgan fingerprint density at radius 1 is 1.30 bits per heavy atom. The molecule has 0 radical (unpaired) electrons. The molecule has 110 valence electrons. The summed E-state index contributed by atoms with van der Waals surface area (Å²) in [5, 5.41) is 3.52. The maximum atomic E-state index is 4.59. The maximum absolute atomic E-state index is 4.59. The van der Waals surface area contributed by atoms with Crippen molar-refractivity contribution in [2.45, 2.75) is 38.3 Å². The number of nitrogens with one attached hydrogen (secondary N) is 1. The van der Waals surface area contributed by atoms with Crippen molar-refractivity contribution in [3.05, 3.63) is 23.9 Å². The molecule has 4 heteroatoms. The van der Waals surface area contributed by atoms with Crippen LogP contribution in [-0.2, 0) is 6.54 Å². The minimum Gasteiger partial charge on any atom is -0.358 e. The van der Waals surface area contributed by atoms with E-state index in [-0.39, 0.29) is 0 Å². The van der Waals surface area contributed by atoms with Gasteiger partial charge in [-0.15, -0.1) is 0 Å². The van der Waals surface area contributed by atoms with E-state index in [1.54, 1.807) is 0 Å². The lowest BCUT2D eigenvalue weighted by Crippen LogP contribution is -2.31. The molecule has 1 saturated carbocycles. The molecule has 2 aliphatic rings. The van der Waals surface area contributed by atoms with Gasteiger partial charge < -0.3 is 15.1 Å². The zero-order valence-corrected chi connectivity index (χ0v) is 12.5. The van der Waals surface area contributed by atoms with Crippen molar-refractivity contribution < 1.29 is 0 Å². The Hall–Kier alpha value is -1.13. The second-order valence-electron chi connectivity index (χ2n) is 6.15. The molecule has 3 rings (SSSR count). The summed E-state index contributed by atoms with van der Waals surface area (Å²) in [4.78, 5) is 9.40. The summed E-state index contributed by atoms with van der Waals surface area (Å²) in [5.41, 5.74) is 1.29. The van der Waals surface area contributed by atoms with Gasteiger partial charge in [-0.2, -0.15) is 0 Å². The average molecular weight is 274 g/mol. The highest BCUT2D eigenvalue weighted by Gasteiger charge is 2.19. The topological polar surface area (TPSA) is 31.4 Å². The van der Waals surface area contributed by atoms with E-state index in [1.807, 2.05) is 6.20 Å². The van der Waals surface area contributed by atoms with Crippen LogP contribution in [0.4, 0.5) is 5.82 Å². The predicted molar refractivity (Wildman–Crippen MR) is 83.0 cm³/mol. The molecule has 2 fully saturated rings. The van der Waals surface area contributed by atoms with E-state index in [2.05, 4.69) is 39.3 Å². The fraction of sp³-hybridized carbons (Fsp3) is 0.688.